The molecule has 1 aromatic carbocycles. The molecule has 1 amide bonds. The van der Waals surface area contributed by atoms with Gasteiger partial charge in [-0.05, 0) is 5.56 Å². The highest BCUT2D eigenvalue weighted by Gasteiger charge is 2.20. The first-order chi connectivity index (χ1) is 9.57. The first-order valence-electron chi connectivity index (χ1n) is 6.51. The van der Waals surface area contributed by atoms with Gasteiger partial charge in [-0.25, -0.2) is 8.42 Å². The summed E-state index contributed by atoms with van der Waals surface area (Å²) in [6.45, 7) is 2.06. The number of amides is 1. The Morgan fingerprint density at radius 3 is 2.50 bits per heavy atom. The van der Waals surface area contributed by atoms with Crippen molar-refractivity contribution in [1.82, 2.24) is 4.90 Å². The van der Waals surface area contributed by atoms with E-state index < -0.39 is 9.84 Å². The van der Waals surface area contributed by atoms with Crippen molar-refractivity contribution in [3.8, 4) is 0 Å². The fourth-order valence-corrected chi connectivity index (χ4v) is 3.21. The maximum absolute atomic E-state index is 12.0. The molecule has 0 bridgehead atoms. The summed E-state index contributed by atoms with van der Waals surface area (Å²) in [5.74, 6) is -0.497. The van der Waals surface area contributed by atoms with Crippen molar-refractivity contribution in [1.29, 1.82) is 0 Å². The molecule has 6 heteroatoms. The van der Waals surface area contributed by atoms with E-state index in [0.29, 0.717) is 26.3 Å². The van der Waals surface area contributed by atoms with E-state index in [1.807, 2.05) is 6.07 Å². The number of morpholine rings is 1. The van der Waals surface area contributed by atoms with Gasteiger partial charge in [0.05, 0.1) is 31.1 Å². The topological polar surface area (TPSA) is 63.7 Å². The van der Waals surface area contributed by atoms with E-state index in [-0.39, 0.29) is 17.4 Å². The smallest absolute Gasteiger partial charge is 0.227 e. The highest BCUT2D eigenvalue weighted by Crippen LogP contribution is 2.08. The van der Waals surface area contributed by atoms with Crippen LogP contribution in [0.5, 0.6) is 0 Å². The van der Waals surface area contributed by atoms with Crippen molar-refractivity contribution in [3.05, 3.63) is 42.3 Å². The van der Waals surface area contributed by atoms with E-state index in [0.717, 1.165) is 5.56 Å². The fourth-order valence-electron chi connectivity index (χ4n) is 2.00. The molecule has 1 aromatic rings. The van der Waals surface area contributed by atoms with E-state index in [4.69, 9.17) is 4.74 Å². The second-order valence-corrected chi connectivity index (χ2v) is 6.79. The molecule has 0 unspecified atom stereocenters. The van der Waals surface area contributed by atoms with Gasteiger partial charge in [0.25, 0.3) is 0 Å². The number of ether oxygens (including phenoxy) is 1. The monoisotopic (exact) mass is 296 g/mol. The second-order valence-electron chi connectivity index (χ2n) is 4.68. The van der Waals surface area contributed by atoms with Crippen LogP contribution in [0.15, 0.2) is 30.3 Å². The molecule has 1 aliphatic heterocycles. The maximum atomic E-state index is 12.0. The Morgan fingerprint density at radius 2 is 1.85 bits per heavy atom. The Balaban J connectivity index is 1.84. The zero-order valence-electron chi connectivity index (χ0n) is 11.2. The third kappa shape index (κ3) is 4.61. The Morgan fingerprint density at radius 1 is 1.20 bits per heavy atom. The lowest BCUT2D eigenvalue weighted by molar-refractivity contribution is -0.131. The summed E-state index contributed by atoms with van der Waals surface area (Å²) in [5, 5.41) is 0. The number of carbonyl (C=O) groups excluding carboxylic acids is 1. The molecule has 109 valence electrons. The molecule has 0 saturated carbocycles. The molecule has 0 atom stereocenters. The third-order valence-corrected chi connectivity index (χ3v) is 4.51. The predicted molar refractivity (Wildman–Crippen MR) is 75.6 cm³/mol. The van der Waals surface area contributed by atoms with Gasteiger partial charge in [-0.15, -0.1) is 0 Å². The number of benzene rings is 1. The SMILES string of the molecule is O=C([CH]CS(=O)(=O)Cc1ccccc1)N1CCOCC1. The van der Waals surface area contributed by atoms with Crippen LogP contribution in [0.4, 0.5) is 0 Å². The Kier molecular flexibility index (Phi) is 5.14. The predicted octanol–water partition coefficient (Wildman–Crippen LogP) is 0.664. The highest BCUT2D eigenvalue weighted by molar-refractivity contribution is 7.90. The van der Waals surface area contributed by atoms with Crippen LogP contribution in [0.1, 0.15) is 5.56 Å². The minimum atomic E-state index is -3.30. The summed E-state index contributed by atoms with van der Waals surface area (Å²) in [5.41, 5.74) is 0.736. The quantitative estimate of drug-likeness (QED) is 0.801. The van der Waals surface area contributed by atoms with Gasteiger partial charge in [0, 0.05) is 13.1 Å². The Bertz CT molecular complexity index is 536. The van der Waals surface area contributed by atoms with Crippen LogP contribution >= 0.6 is 0 Å². The lowest BCUT2D eigenvalue weighted by Crippen LogP contribution is -2.41. The number of nitrogens with zero attached hydrogens (tertiary/aromatic N) is 1. The van der Waals surface area contributed by atoms with Gasteiger partial charge in [-0.2, -0.15) is 0 Å². The van der Waals surface area contributed by atoms with Crippen LogP contribution in [-0.2, 0) is 25.1 Å². The Labute approximate surface area is 119 Å². The van der Waals surface area contributed by atoms with Crippen molar-refractivity contribution in [2.24, 2.45) is 0 Å². The molecule has 0 N–H and O–H groups in total. The van der Waals surface area contributed by atoms with Crippen LogP contribution in [0, 0.1) is 6.42 Å². The number of sulfone groups is 1. The lowest BCUT2D eigenvalue weighted by atomic mass is 10.2. The first kappa shape index (κ1) is 15.0. The molecule has 20 heavy (non-hydrogen) atoms. The van der Waals surface area contributed by atoms with E-state index in [1.165, 1.54) is 6.42 Å². The summed E-state index contributed by atoms with van der Waals surface area (Å²) in [6.07, 6.45) is 1.25. The molecule has 1 heterocycles. The van der Waals surface area contributed by atoms with Gasteiger partial charge in [-0.1, -0.05) is 30.3 Å². The Hall–Kier alpha value is -1.40. The van der Waals surface area contributed by atoms with Gasteiger partial charge >= 0.3 is 0 Å². The van der Waals surface area contributed by atoms with Crippen LogP contribution in [0.25, 0.3) is 0 Å². The molecule has 0 spiro atoms. The standard InChI is InChI=1S/C14H18NO4S/c16-14(15-7-9-19-10-8-15)6-11-20(17,18)12-13-4-2-1-3-5-13/h1-6H,7-12H2. The van der Waals surface area contributed by atoms with Gasteiger partial charge < -0.3 is 9.64 Å². The van der Waals surface area contributed by atoms with E-state index in [1.54, 1.807) is 29.2 Å². The van der Waals surface area contributed by atoms with Crippen molar-refractivity contribution < 1.29 is 17.9 Å². The van der Waals surface area contributed by atoms with Crippen molar-refractivity contribution in [3.63, 3.8) is 0 Å². The number of rotatable bonds is 5. The maximum Gasteiger partial charge on any atom is 0.227 e. The fraction of sp³-hybridized carbons (Fsp3) is 0.429. The molecule has 1 aliphatic rings. The molecular formula is C14H18NO4S. The van der Waals surface area contributed by atoms with Gasteiger partial charge in [0.2, 0.25) is 5.91 Å². The zero-order valence-corrected chi connectivity index (χ0v) is 12.0. The zero-order chi connectivity index (χ0) is 14.4. The molecule has 5 nitrogen and oxygen atoms in total. The van der Waals surface area contributed by atoms with Gasteiger partial charge in [0.1, 0.15) is 0 Å². The number of hydrogen-bond acceptors (Lipinski definition) is 4. The number of hydrogen-bond donors (Lipinski definition) is 0. The average Bonchev–Trinajstić information content (AvgIpc) is 2.46. The van der Waals surface area contributed by atoms with Crippen LogP contribution in [0.2, 0.25) is 0 Å². The van der Waals surface area contributed by atoms with Crippen molar-refractivity contribution in [2.75, 3.05) is 32.1 Å². The lowest BCUT2D eigenvalue weighted by Gasteiger charge is -2.26. The summed E-state index contributed by atoms with van der Waals surface area (Å²) < 4.78 is 29.1. The van der Waals surface area contributed by atoms with Gasteiger partial charge in [-0.3, -0.25) is 4.79 Å². The van der Waals surface area contributed by atoms with E-state index in [2.05, 4.69) is 0 Å². The summed E-state index contributed by atoms with van der Waals surface area (Å²) in [7, 11) is -3.30. The normalized spacial score (nSPS) is 16.1. The minimum Gasteiger partial charge on any atom is -0.378 e. The molecule has 1 saturated heterocycles. The molecule has 1 radical (unpaired) electrons. The number of carbonyl (C=O) groups is 1. The van der Waals surface area contributed by atoms with Crippen LogP contribution in [-0.4, -0.2) is 51.3 Å². The summed E-state index contributed by atoms with van der Waals surface area (Å²) in [4.78, 5) is 13.5. The van der Waals surface area contributed by atoms with Crippen LogP contribution < -0.4 is 0 Å². The van der Waals surface area contributed by atoms with E-state index in [9.17, 15) is 13.2 Å². The van der Waals surface area contributed by atoms with Crippen molar-refractivity contribution >= 4 is 15.7 Å². The average molecular weight is 296 g/mol. The summed E-state index contributed by atoms with van der Waals surface area (Å²) >= 11 is 0. The molecule has 0 aromatic heterocycles. The third-order valence-electron chi connectivity index (χ3n) is 3.06. The minimum absolute atomic E-state index is 0.0409. The largest absolute Gasteiger partial charge is 0.378 e. The molecule has 2 rings (SSSR count). The van der Waals surface area contributed by atoms with E-state index >= 15 is 0 Å². The van der Waals surface area contributed by atoms with Crippen LogP contribution in [0.3, 0.4) is 0 Å². The molecule has 1 fully saturated rings. The summed E-state index contributed by atoms with van der Waals surface area (Å²) in [6, 6.07) is 8.97. The molecule has 0 aliphatic carbocycles. The highest BCUT2D eigenvalue weighted by atomic mass is 32.2. The first-order valence-corrected chi connectivity index (χ1v) is 8.33. The van der Waals surface area contributed by atoms with Gasteiger partial charge in [0.15, 0.2) is 9.84 Å². The molecular weight excluding hydrogens is 278 g/mol. The second kappa shape index (κ2) is 6.85. The van der Waals surface area contributed by atoms with Crippen molar-refractivity contribution in [2.45, 2.75) is 5.75 Å².